The zero-order valence-corrected chi connectivity index (χ0v) is 16.7. The average molecular weight is 418 g/mol. The molecule has 0 aromatic rings. The van der Waals surface area contributed by atoms with Gasteiger partial charge in [-0.2, -0.15) is 0 Å². The number of rotatable bonds is 13. The topological polar surface area (TPSA) is 208 Å². The summed E-state index contributed by atoms with van der Waals surface area (Å²) >= 11 is 0. The zero-order chi connectivity index (χ0) is 22.7. The number of nitrogens with two attached hydrogens (primary N) is 1. The van der Waals surface area contributed by atoms with E-state index in [0.29, 0.717) is 0 Å². The van der Waals surface area contributed by atoms with Gasteiger partial charge < -0.3 is 37.0 Å². The van der Waals surface area contributed by atoms with Crippen LogP contribution in [0.5, 0.6) is 0 Å². The third-order valence-corrected chi connectivity index (χ3v) is 3.89. The molecular weight excluding hydrogens is 388 g/mol. The number of aliphatic hydroxyl groups excluding tert-OH is 1. The highest BCUT2D eigenvalue weighted by Crippen LogP contribution is 2.07. The summed E-state index contributed by atoms with van der Waals surface area (Å²) in [5.41, 5.74) is 5.64. The van der Waals surface area contributed by atoms with Crippen molar-refractivity contribution in [2.24, 2.45) is 11.7 Å². The molecule has 0 aliphatic heterocycles. The second-order valence-corrected chi connectivity index (χ2v) is 7.04. The Bertz CT molecular complexity index is 610. The molecule has 0 bridgehead atoms. The van der Waals surface area contributed by atoms with Gasteiger partial charge in [-0.25, -0.2) is 0 Å². The van der Waals surface area contributed by atoms with Crippen LogP contribution in [0.2, 0.25) is 0 Å². The van der Waals surface area contributed by atoms with E-state index in [2.05, 4.69) is 16.0 Å². The lowest BCUT2D eigenvalue weighted by molar-refractivity contribution is -0.142. The molecule has 166 valence electrons. The lowest BCUT2D eigenvalue weighted by atomic mass is 10.0. The quantitative estimate of drug-likeness (QED) is 0.172. The number of carboxylic acids is 2. The van der Waals surface area contributed by atoms with Crippen molar-refractivity contribution in [3.05, 3.63) is 0 Å². The van der Waals surface area contributed by atoms with Crippen molar-refractivity contribution in [2.75, 3.05) is 6.61 Å². The highest BCUT2D eigenvalue weighted by atomic mass is 16.4. The van der Waals surface area contributed by atoms with Gasteiger partial charge in [0.1, 0.15) is 18.1 Å². The number of carbonyl (C=O) groups is 5. The smallest absolute Gasteiger partial charge is 0.325 e. The minimum absolute atomic E-state index is 0.0327. The molecule has 12 nitrogen and oxygen atoms in total. The van der Waals surface area contributed by atoms with Gasteiger partial charge in [0.2, 0.25) is 17.7 Å². The zero-order valence-electron chi connectivity index (χ0n) is 16.7. The molecule has 0 unspecified atom stereocenters. The fourth-order valence-electron chi connectivity index (χ4n) is 2.23. The first-order chi connectivity index (χ1) is 13.4. The molecule has 0 radical (unpaired) electrons. The Kier molecular flexibility index (Phi) is 11.5. The van der Waals surface area contributed by atoms with Gasteiger partial charge in [-0.3, -0.25) is 24.0 Å². The van der Waals surface area contributed by atoms with Crippen LogP contribution in [0.4, 0.5) is 0 Å². The molecule has 8 N–H and O–H groups in total. The van der Waals surface area contributed by atoms with Crippen molar-refractivity contribution < 1.29 is 39.3 Å². The van der Waals surface area contributed by atoms with Crippen LogP contribution in [-0.2, 0) is 24.0 Å². The Labute approximate surface area is 168 Å². The van der Waals surface area contributed by atoms with Crippen molar-refractivity contribution in [2.45, 2.75) is 64.2 Å². The number of aliphatic hydroxyl groups is 1. The highest BCUT2D eigenvalue weighted by molar-refractivity contribution is 5.94. The number of nitrogens with one attached hydrogen (secondary N) is 3. The first-order valence-electron chi connectivity index (χ1n) is 9.11. The van der Waals surface area contributed by atoms with Crippen molar-refractivity contribution in [3.8, 4) is 0 Å². The third kappa shape index (κ3) is 10.4. The molecule has 0 aliphatic carbocycles. The maximum absolute atomic E-state index is 12.5. The largest absolute Gasteiger partial charge is 0.481 e. The van der Waals surface area contributed by atoms with Crippen LogP contribution in [0, 0.1) is 5.92 Å². The van der Waals surface area contributed by atoms with Gasteiger partial charge in [0.15, 0.2) is 0 Å². The van der Waals surface area contributed by atoms with Gasteiger partial charge in [-0.05, 0) is 25.7 Å². The van der Waals surface area contributed by atoms with Crippen LogP contribution in [-0.4, -0.2) is 75.8 Å². The van der Waals surface area contributed by atoms with E-state index in [1.165, 1.54) is 6.92 Å². The molecule has 0 saturated carbocycles. The van der Waals surface area contributed by atoms with Gasteiger partial charge in [-0.15, -0.1) is 0 Å². The van der Waals surface area contributed by atoms with Crippen LogP contribution in [0.1, 0.15) is 40.0 Å². The molecule has 29 heavy (non-hydrogen) atoms. The van der Waals surface area contributed by atoms with Gasteiger partial charge in [0, 0.05) is 6.42 Å². The Hall–Kier alpha value is -2.73. The van der Waals surface area contributed by atoms with Crippen molar-refractivity contribution >= 4 is 29.7 Å². The summed E-state index contributed by atoms with van der Waals surface area (Å²) in [7, 11) is 0. The highest BCUT2D eigenvalue weighted by Gasteiger charge is 2.29. The summed E-state index contributed by atoms with van der Waals surface area (Å²) in [4.78, 5) is 58.1. The number of aliphatic carboxylic acids is 2. The Morgan fingerprint density at radius 2 is 1.38 bits per heavy atom. The summed E-state index contributed by atoms with van der Waals surface area (Å²) < 4.78 is 0. The first-order valence-corrected chi connectivity index (χ1v) is 9.11. The molecule has 0 spiro atoms. The van der Waals surface area contributed by atoms with Crippen molar-refractivity contribution in [3.63, 3.8) is 0 Å². The fraction of sp³-hybridized carbons (Fsp3) is 0.706. The average Bonchev–Trinajstić information content (AvgIpc) is 2.62. The lowest BCUT2D eigenvalue weighted by Gasteiger charge is -2.24. The van der Waals surface area contributed by atoms with E-state index in [4.69, 9.17) is 15.9 Å². The van der Waals surface area contributed by atoms with Crippen LogP contribution in [0.15, 0.2) is 0 Å². The van der Waals surface area contributed by atoms with Gasteiger partial charge in [0.25, 0.3) is 0 Å². The molecule has 0 heterocycles. The first kappa shape index (κ1) is 26.3. The predicted molar refractivity (Wildman–Crippen MR) is 100 cm³/mol. The molecule has 0 fully saturated rings. The second kappa shape index (κ2) is 12.7. The number of carboxylic acid groups (broad SMARTS) is 2. The van der Waals surface area contributed by atoms with Crippen LogP contribution < -0.4 is 21.7 Å². The number of hydrogen-bond donors (Lipinski definition) is 7. The summed E-state index contributed by atoms with van der Waals surface area (Å²) in [6.07, 6.45) is -0.245. The standard InChI is InChI=1S/C17H30N4O8/c1-8(2)6-11(20-14(25)10(18)4-5-13(23)24)15(26)21-12(7-22)16(27)19-9(3)17(28)29/h8-12,22H,4-7,18H2,1-3H3,(H,19,27)(H,20,25)(H,21,26)(H,23,24)(H,28,29)/t9-,10-,11-,12-/m0/s1. The van der Waals surface area contributed by atoms with E-state index >= 15 is 0 Å². The van der Waals surface area contributed by atoms with E-state index in [1.807, 2.05) is 0 Å². The minimum atomic E-state index is -1.42. The van der Waals surface area contributed by atoms with E-state index in [9.17, 15) is 29.1 Å². The lowest BCUT2D eigenvalue weighted by Crippen LogP contribution is -2.58. The summed E-state index contributed by atoms with van der Waals surface area (Å²) in [5, 5.41) is 33.7. The Balaban J connectivity index is 5.08. The third-order valence-electron chi connectivity index (χ3n) is 3.89. The summed E-state index contributed by atoms with van der Waals surface area (Å²) in [6.45, 7) is 4.02. The SMILES string of the molecule is CC(C)C[C@H](NC(=O)[C@@H](N)CCC(=O)O)C(=O)N[C@@H](CO)C(=O)N[C@@H](C)C(=O)O. The maximum Gasteiger partial charge on any atom is 0.325 e. The molecule has 3 amide bonds. The number of amides is 3. The number of carbonyl (C=O) groups excluding carboxylic acids is 3. The van der Waals surface area contributed by atoms with Crippen LogP contribution in [0.3, 0.4) is 0 Å². The monoisotopic (exact) mass is 418 g/mol. The van der Waals surface area contributed by atoms with E-state index in [0.717, 1.165) is 0 Å². The number of hydrogen-bond acceptors (Lipinski definition) is 7. The van der Waals surface area contributed by atoms with Crippen LogP contribution in [0.25, 0.3) is 0 Å². The van der Waals surface area contributed by atoms with Gasteiger partial charge in [0.05, 0.1) is 12.6 Å². The molecule has 12 heteroatoms. The van der Waals surface area contributed by atoms with E-state index < -0.39 is 60.4 Å². The van der Waals surface area contributed by atoms with Crippen molar-refractivity contribution in [1.82, 2.24) is 16.0 Å². The minimum Gasteiger partial charge on any atom is -0.481 e. The van der Waals surface area contributed by atoms with Gasteiger partial charge >= 0.3 is 11.9 Å². The molecule has 0 aromatic heterocycles. The Morgan fingerprint density at radius 1 is 0.862 bits per heavy atom. The van der Waals surface area contributed by atoms with E-state index in [-0.39, 0.29) is 25.2 Å². The van der Waals surface area contributed by atoms with Crippen LogP contribution >= 0.6 is 0 Å². The maximum atomic E-state index is 12.5. The molecule has 4 atom stereocenters. The summed E-state index contributed by atoms with van der Waals surface area (Å²) in [6, 6.07) is -4.87. The molecule has 0 saturated heterocycles. The predicted octanol–water partition coefficient (Wildman–Crippen LogP) is -2.22. The second-order valence-electron chi connectivity index (χ2n) is 7.04. The fourth-order valence-corrected chi connectivity index (χ4v) is 2.23. The Morgan fingerprint density at radius 3 is 1.83 bits per heavy atom. The molecule has 0 aromatic carbocycles. The molecule has 0 aliphatic rings. The van der Waals surface area contributed by atoms with Gasteiger partial charge in [-0.1, -0.05) is 13.8 Å². The molecule has 0 rings (SSSR count). The van der Waals surface area contributed by atoms with E-state index in [1.54, 1.807) is 13.8 Å². The van der Waals surface area contributed by atoms with Crippen molar-refractivity contribution in [1.29, 1.82) is 0 Å². The molecular formula is C17H30N4O8. The summed E-state index contributed by atoms with van der Waals surface area (Å²) in [5.74, 6) is -4.83. The normalized spacial score (nSPS) is 15.0.